The third-order valence-corrected chi connectivity index (χ3v) is 10.9. The van der Waals surface area contributed by atoms with Crippen molar-refractivity contribution in [1.82, 2.24) is 9.55 Å². The number of ether oxygens (including phenoxy) is 4. The second-order valence-electron chi connectivity index (χ2n) is 12.8. The highest BCUT2D eigenvalue weighted by Gasteiger charge is 2.32. The molecular weight excluding hydrogens is 814 g/mol. The van der Waals surface area contributed by atoms with E-state index < -0.39 is 6.17 Å². The highest BCUT2D eigenvalue weighted by atomic mass is 35.5. The van der Waals surface area contributed by atoms with Crippen molar-refractivity contribution >= 4 is 57.8 Å². The average Bonchev–Trinajstić information content (AvgIpc) is 3.64. The van der Waals surface area contributed by atoms with Gasteiger partial charge >= 0.3 is 0 Å². The maximum atomic E-state index is 9.81. The molecule has 292 valence electrons. The van der Waals surface area contributed by atoms with E-state index in [-0.39, 0.29) is 11.4 Å². The first-order valence-electron chi connectivity index (χ1n) is 17.9. The molecule has 0 fully saturated rings. The smallest absolute Gasteiger partial charge is 0.161 e. The second kappa shape index (κ2) is 17.8. The van der Waals surface area contributed by atoms with Gasteiger partial charge in [0.1, 0.15) is 5.82 Å². The maximum Gasteiger partial charge on any atom is 0.161 e. The van der Waals surface area contributed by atoms with Gasteiger partial charge in [0.25, 0.3) is 0 Å². The highest BCUT2D eigenvalue weighted by molar-refractivity contribution is 6.55. The predicted octanol–water partition coefficient (Wildman–Crippen LogP) is 12.6. The Bertz CT molecular complexity index is 2680. The van der Waals surface area contributed by atoms with Gasteiger partial charge in [-0.1, -0.05) is 113 Å². The van der Waals surface area contributed by atoms with Crippen LogP contribution in [-0.4, -0.2) is 49.4 Å². The van der Waals surface area contributed by atoms with Gasteiger partial charge < -0.3 is 18.9 Å². The Morgan fingerprint density at radius 3 is 1.72 bits per heavy atom. The van der Waals surface area contributed by atoms with Gasteiger partial charge in [0.15, 0.2) is 29.2 Å². The van der Waals surface area contributed by atoms with Crippen molar-refractivity contribution in [3.05, 3.63) is 170 Å². The summed E-state index contributed by atoms with van der Waals surface area (Å²) in [6.07, 6.45) is -1.00. The van der Waals surface area contributed by atoms with E-state index in [0.29, 0.717) is 93.7 Å². The summed E-state index contributed by atoms with van der Waals surface area (Å²) in [5.41, 5.74) is 5.06. The highest BCUT2D eigenvalue weighted by Crippen LogP contribution is 2.46. The van der Waals surface area contributed by atoms with E-state index in [4.69, 9.17) is 75.3 Å². The van der Waals surface area contributed by atoms with Crippen molar-refractivity contribution in [3.63, 3.8) is 0 Å². The molecule has 8 nitrogen and oxygen atoms in total. The molecule has 1 heterocycles. The number of rotatable bonds is 13. The molecule has 0 aliphatic carbocycles. The van der Waals surface area contributed by atoms with Crippen LogP contribution in [0.1, 0.15) is 22.9 Å². The molecule has 1 atom stereocenters. The Balaban J connectivity index is 1.65. The zero-order valence-electron chi connectivity index (χ0n) is 31.8. The van der Waals surface area contributed by atoms with E-state index in [9.17, 15) is 5.41 Å². The van der Waals surface area contributed by atoms with Crippen molar-refractivity contribution in [2.45, 2.75) is 6.17 Å². The minimum atomic E-state index is -1.00. The van der Waals surface area contributed by atoms with E-state index >= 15 is 0 Å². The molecule has 0 bridgehead atoms. The molecule has 6 aromatic carbocycles. The third kappa shape index (κ3) is 7.89. The van der Waals surface area contributed by atoms with Crippen LogP contribution in [-0.2, 0) is 0 Å². The SMILES string of the molecule is COc1ccc(C(=N)C(=NC(c2ccccc2Cl)n2c(-c3ccccc3Cl)nc(-c3ccc(OC)c(OC)c3)c2-c2ccccc2Cl)c2ccccc2Cl)cc1OC. The Labute approximate surface area is 356 Å². The minimum Gasteiger partial charge on any atom is -0.493 e. The molecule has 7 rings (SSSR count). The van der Waals surface area contributed by atoms with Crippen LogP contribution in [0.15, 0.2) is 138 Å². The van der Waals surface area contributed by atoms with Crippen LogP contribution in [0.2, 0.25) is 20.1 Å². The summed E-state index contributed by atoms with van der Waals surface area (Å²) in [7, 11) is 6.26. The summed E-state index contributed by atoms with van der Waals surface area (Å²) in [5, 5.41) is 11.5. The van der Waals surface area contributed by atoms with Gasteiger partial charge in [-0.15, -0.1) is 0 Å². The number of aromatic nitrogens is 2. The van der Waals surface area contributed by atoms with Crippen molar-refractivity contribution in [2.75, 3.05) is 28.4 Å². The molecule has 0 spiro atoms. The molecule has 0 saturated carbocycles. The Morgan fingerprint density at radius 2 is 1.12 bits per heavy atom. The number of methoxy groups -OCH3 is 4. The molecule has 0 saturated heterocycles. The van der Waals surface area contributed by atoms with Gasteiger partial charge in [-0.2, -0.15) is 0 Å². The van der Waals surface area contributed by atoms with Crippen LogP contribution in [0.4, 0.5) is 0 Å². The molecule has 0 radical (unpaired) electrons. The summed E-state index contributed by atoms with van der Waals surface area (Å²) < 4.78 is 24.5. The van der Waals surface area contributed by atoms with Crippen molar-refractivity contribution in [3.8, 4) is 56.9 Å². The minimum absolute atomic E-state index is 0.0601. The topological polar surface area (TPSA) is 91.0 Å². The molecule has 7 aromatic rings. The van der Waals surface area contributed by atoms with E-state index in [0.717, 1.165) is 0 Å². The van der Waals surface area contributed by atoms with Crippen LogP contribution < -0.4 is 18.9 Å². The molecular formula is C46H36Cl4N4O4. The number of benzene rings is 6. The summed E-state index contributed by atoms with van der Waals surface area (Å²) in [6.45, 7) is 0. The lowest BCUT2D eigenvalue weighted by atomic mass is 9.98. The number of halogens is 4. The van der Waals surface area contributed by atoms with Gasteiger partial charge in [-0.05, 0) is 66.7 Å². The predicted molar refractivity (Wildman–Crippen MR) is 236 cm³/mol. The van der Waals surface area contributed by atoms with Gasteiger partial charge in [-0.25, -0.2) is 4.98 Å². The molecule has 0 aliphatic heterocycles. The number of hydrogen-bond acceptors (Lipinski definition) is 7. The fourth-order valence-electron chi connectivity index (χ4n) is 6.72. The summed E-state index contributed by atoms with van der Waals surface area (Å²) >= 11 is 28.3. The first-order valence-corrected chi connectivity index (χ1v) is 19.4. The Hall–Kier alpha value is -5.77. The fourth-order valence-corrected chi connectivity index (χ4v) is 7.63. The van der Waals surface area contributed by atoms with Crippen molar-refractivity contribution < 1.29 is 18.9 Å². The lowest BCUT2D eigenvalue weighted by molar-refractivity contribution is 0.355. The fraction of sp³-hybridized carbons (Fsp3) is 0.109. The molecule has 1 aromatic heterocycles. The quantitative estimate of drug-likeness (QED) is 0.117. The molecule has 1 unspecified atom stereocenters. The number of aliphatic imine (C=N–C) groups is 1. The maximum absolute atomic E-state index is 9.81. The van der Waals surface area contributed by atoms with E-state index in [2.05, 4.69) is 0 Å². The van der Waals surface area contributed by atoms with Gasteiger partial charge in [0, 0.05) is 43.4 Å². The van der Waals surface area contributed by atoms with E-state index in [1.54, 1.807) is 64.8 Å². The molecule has 0 amide bonds. The summed E-state index contributed by atoms with van der Waals surface area (Å²) in [4.78, 5) is 10.9. The van der Waals surface area contributed by atoms with Crippen LogP contribution in [0.25, 0.3) is 33.9 Å². The number of nitrogens with one attached hydrogen (secondary N) is 1. The summed E-state index contributed by atoms with van der Waals surface area (Å²) in [6, 6.07) is 40.5. The lowest BCUT2D eigenvalue weighted by Gasteiger charge is -2.25. The van der Waals surface area contributed by atoms with E-state index in [1.165, 1.54) is 0 Å². The van der Waals surface area contributed by atoms with E-state index in [1.807, 2.05) is 102 Å². The van der Waals surface area contributed by atoms with Gasteiger partial charge in [0.05, 0.1) is 61.3 Å². The number of hydrogen-bond donors (Lipinski definition) is 1. The standard InChI is InChI=1S/C46H36Cl4N4O4/c1-55-37-23-21-27(25-39(37)57-3)41(51)43(29-13-5-9-17-33(29)47)53-46(32-16-8-12-20-36(32)50)54-44(30-14-6-10-18-34(30)48)42(28-22-24-38(56-2)40(26-28)58-4)52-45(54)31-15-7-11-19-35(31)49/h5-26,46,51H,1-4H3. The van der Waals surface area contributed by atoms with Crippen LogP contribution in [0, 0.1) is 5.41 Å². The number of nitrogens with zero attached hydrogens (tertiary/aromatic N) is 3. The monoisotopic (exact) mass is 848 g/mol. The van der Waals surface area contributed by atoms with Crippen LogP contribution in [0.5, 0.6) is 23.0 Å². The Kier molecular flexibility index (Phi) is 12.4. The molecule has 1 N–H and O–H groups in total. The molecule has 0 aliphatic rings. The molecule has 12 heteroatoms. The second-order valence-corrected chi connectivity index (χ2v) is 14.5. The molecule has 58 heavy (non-hydrogen) atoms. The normalized spacial score (nSPS) is 11.9. The number of imidazole rings is 1. The summed E-state index contributed by atoms with van der Waals surface area (Å²) in [5.74, 6) is 2.47. The van der Waals surface area contributed by atoms with Crippen LogP contribution in [0.3, 0.4) is 0 Å². The average molecular weight is 851 g/mol. The van der Waals surface area contributed by atoms with Crippen molar-refractivity contribution in [2.24, 2.45) is 4.99 Å². The lowest BCUT2D eigenvalue weighted by Crippen LogP contribution is -2.21. The first kappa shape index (κ1) is 40.4. The largest absolute Gasteiger partial charge is 0.493 e. The zero-order valence-corrected chi connectivity index (χ0v) is 34.8. The van der Waals surface area contributed by atoms with Crippen LogP contribution >= 0.6 is 46.4 Å². The Morgan fingerprint density at radius 1 is 0.586 bits per heavy atom. The first-order chi connectivity index (χ1) is 28.2. The van der Waals surface area contributed by atoms with Gasteiger partial charge in [-0.3, -0.25) is 15.0 Å². The zero-order chi connectivity index (χ0) is 40.9. The van der Waals surface area contributed by atoms with Crippen molar-refractivity contribution in [1.29, 1.82) is 5.41 Å². The third-order valence-electron chi connectivity index (χ3n) is 9.53. The van der Waals surface area contributed by atoms with Gasteiger partial charge in [0.2, 0.25) is 0 Å².